The monoisotopic (exact) mass is 533 g/mol. The number of ether oxygens (including phenoxy) is 3. The van der Waals surface area contributed by atoms with Gasteiger partial charge in [-0.2, -0.15) is 0 Å². The Morgan fingerprint density at radius 2 is 1.48 bits per heavy atom. The summed E-state index contributed by atoms with van der Waals surface area (Å²) in [6.07, 6.45) is 0.790. The van der Waals surface area contributed by atoms with Gasteiger partial charge in [-0.3, -0.25) is 9.69 Å². The molecule has 4 atom stereocenters. The van der Waals surface area contributed by atoms with Gasteiger partial charge in [-0.15, -0.1) is 0 Å². The number of benzene rings is 4. The highest BCUT2D eigenvalue weighted by molar-refractivity contribution is 5.77. The molecule has 4 unspecified atom stereocenters. The molecular weight excluding hydrogens is 498 g/mol. The maximum Gasteiger partial charge on any atom is 0.311 e. The van der Waals surface area contributed by atoms with Crippen LogP contribution < -0.4 is 9.47 Å². The Hall–Kier alpha value is -4.09. The largest absolute Gasteiger partial charge is 0.497 e. The lowest BCUT2D eigenvalue weighted by Gasteiger charge is -2.38. The molecule has 1 saturated heterocycles. The van der Waals surface area contributed by atoms with E-state index in [9.17, 15) is 4.79 Å². The van der Waals surface area contributed by atoms with E-state index in [1.54, 1.807) is 14.2 Å². The molecule has 6 rings (SSSR count). The molecule has 0 amide bonds. The van der Waals surface area contributed by atoms with E-state index in [-0.39, 0.29) is 29.9 Å². The first-order valence-electron chi connectivity index (χ1n) is 14.0. The average Bonchev–Trinajstić information content (AvgIpc) is 3.22. The fourth-order valence-corrected chi connectivity index (χ4v) is 6.69. The van der Waals surface area contributed by atoms with E-state index in [0.29, 0.717) is 6.61 Å². The van der Waals surface area contributed by atoms with Gasteiger partial charge in [-0.25, -0.2) is 0 Å². The van der Waals surface area contributed by atoms with Crippen LogP contribution in [0.25, 0.3) is 11.1 Å². The molecule has 2 heterocycles. The molecule has 0 saturated carbocycles. The molecule has 2 aliphatic rings. The first kappa shape index (κ1) is 26.1. The smallest absolute Gasteiger partial charge is 0.311 e. The van der Waals surface area contributed by atoms with Crippen LogP contribution in [0.2, 0.25) is 0 Å². The van der Waals surface area contributed by atoms with Crippen molar-refractivity contribution in [3.63, 3.8) is 0 Å². The lowest BCUT2D eigenvalue weighted by Crippen LogP contribution is -2.41. The van der Waals surface area contributed by atoms with Crippen molar-refractivity contribution in [2.75, 3.05) is 20.8 Å². The van der Waals surface area contributed by atoms with E-state index >= 15 is 0 Å². The van der Waals surface area contributed by atoms with Gasteiger partial charge in [0.25, 0.3) is 0 Å². The first-order valence-corrected chi connectivity index (χ1v) is 14.0. The van der Waals surface area contributed by atoms with Crippen LogP contribution in [-0.4, -0.2) is 37.7 Å². The van der Waals surface area contributed by atoms with Gasteiger partial charge in [0.1, 0.15) is 11.5 Å². The normalized spacial score (nSPS) is 21.5. The summed E-state index contributed by atoms with van der Waals surface area (Å²) in [5.74, 6) is 1.32. The highest BCUT2D eigenvalue weighted by atomic mass is 16.5. The van der Waals surface area contributed by atoms with Crippen LogP contribution in [0.3, 0.4) is 0 Å². The fraction of sp³-hybridized carbons (Fsp3) is 0.286. The maximum atomic E-state index is 13.7. The zero-order chi connectivity index (χ0) is 27.6. The SMILES string of the molecule is CCOC(=O)C1C(c2ccccc2)C2c3ccc(-c4ccc(OC)cc4)cc3CC1N2Cc1ccc(OC)cc1. The van der Waals surface area contributed by atoms with Gasteiger partial charge in [0.15, 0.2) is 0 Å². The third kappa shape index (κ3) is 4.75. The maximum absolute atomic E-state index is 13.7. The van der Waals surface area contributed by atoms with Gasteiger partial charge in [-0.05, 0) is 71.0 Å². The first-order chi connectivity index (χ1) is 19.6. The molecule has 4 aromatic carbocycles. The molecule has 0 spiro atoms. The quantitative estimate of drug-likeness (QED) is 0.233. The second-order valence-corrected chi connectivity index (χ2v) is 10.6. The molecular formula is C35H35NO4. The second kappa shape index (κ2) is 11.2. The van der Waals surface area contributed by atoms with Crippen molar-refractivity contribution in [1.29, 1.82) is 0 Å². The molecule has 0 aromatic heterocycles. The van der Waals surface area contributed by atoms with E-state index in [4.69, 9.17) is 14.2 Å². The summed E-state index contributed by atoms with van der Waals surface area (Å²) < 4.78 is 16.5. The number of carbonyl (C=O) groups excluding carboxylic acids is 1. The van der Waals surface area contributed by atoms with Crippen molar-refractivity contribution in [3.8, 4) is 22.6 Å². The number of rotatable bonds is 8. The minimum atomic E-state index is -0.262. The third-order valence-corrected chi connectivity index (χ3v) is 8.51. The molecule has 40 heavy (non-hydrogen) atoms. The number of hydrogen-bond donors (Lipinski definition) is 0. The van der Waals surface area contributed by atoms with Gasteiger partial charge >= 0.3 is 5.97 Å². The highest BCUT2D eigenvalue weighted by Crippen LogP contribution is 2.56. The molecule has 0 radical (unpaired) electrons. The van der Waals surface area contributed by atoms with Gasteiger partial charge in [0.05, 0.1) is 26.7 Å². The molecule has 204 valence electrons. The average molecular weight is 534 g/mol. The summed E-state index contributed by atoms with van der Waals surface area (Å²) >= 11 is 0. The zero-order valence-corrected chi connectivity index (χ0v) is 23.2. The molecule has 5 heteroatoms. The molecule has 0 N–H and O–H groups in total. The number of esters is 1. The van der Waals surface area contributed by atoms with Crippen molar-refractivity contribution in [3.05, 3.63) is 119 Å². The Bertz CT molecular complexity index is 1470. The lowest BCUT2D eigenvalue weighted by atomic mass is 9.81. The summed E-state index contributed by atoms with van der Waals surface area (Å²) in [4.78, 5) is 16.2. The van der Waals surface area contributed by atoms with E-state index in [0.717, 1.165) is 30.0 Å². The van der Waals surface area contributed by atoms with Gasteiger partial charge < -0.3 is 14.2 Å². The predicted molar refractivity (Wildman–Crippen MR) is 157 cm³/mol. The summed E-state index contributed by atoms with van der Waals surface area (Å²) in [6, 6.07) is 33.8. The zero-order valence-electron chi connectivity index (χ0n) is 23.2. The van der Waals surface area contributed by atoms with Gasteiger partial charge in [-0.1, -0.05) is 72.8 Å². The third-order valence-electron chi connectivity index (χ3n) is 8.51. The molecule has 0 aliphatic carbocycles. The molecule has 4 aromatic rings. The summed E-state index contributed by atoms with van der Waals surface area (Å²) in [5.41, 5.74) is 7.31. The fourth-order valence-electron chi connectivity index (χ4n) is 6.69. The second-order valence-electron chi connectivity index (χ2n) is 10.6. The summed E-state index contributed by atoms with van der Waals surface area (Å²) in [5, 5.41) is 0. The number of carbonyl (C=O) groups is 1. The standard InChI is InChI=1S/C35H35NO4/c1-4-40-35(37)33-31-21-27-20-26(24-12-17-29(39-3)18-13-24)14-19-30(27)34(32(33)25-8-6-5-7-9-25)36(31)22-23-10-15-28(38-2)16-11-23/h5-20,31-34H,4,21-22H2,1-3H3. The Kier molecular flexibility index (Phi) is 7.31. The molecule has 5 nitrogen and oxygen atoms in total. The van der Waals surface area contributed by atoms with Crippen LogP contribution in [0, 0.1) is 5.92 Å². The van der Waals surface area contributed by atoms with Crippen LogP contribution in [0.1, 0.15) is 41.1 Å². The Morgan fingerprint density at radius 1 is 0.825 bits per heavy atom. The Morgan fingerprint density at radius 3 is 2.12 bits per heavy atom. The number of nitrogens with zero attached hydrogens (tertiary/aromatic N) is 1. The van der Waals surface area contributed by atoms with Crippen LogP contribution in [-0.2, 0) is 22.5 Å². The van der Waals surface area contributed by atoms with Crippen LogP contribution in [0.15, 0.2) is 97.1 Å². The van der Waals surface area contributed by atoms with E-state index < -0.39 is 0 Å². The van der Waals surface area contributed by atoms with Gasteiger partial charge in [0, 0.05) is 24.5 Å². The van der Waals surface area contributed by atoms with Crippen LogP contribution >= 0.6 is 0 Å². The summed E-state index contributed by atoms with van der Waals surface area (Å²) in [6.45, 7) is 3.01. The van der Waals surface area contributed by atoms with Gasteiger partial charge in [0.2, 0.25) is 0 Å². The topological polar surface area (TPSA) is 48.0 Å². The lowest BCUT2D eigenvalue weighted by molar-refractivity contribution is -0.149. The van der Waals surface area contributed by atoms with Crippen molar-refractivity contribution in [2.24, 2.45) is 5.92 Å². The van der Waals surface area contributed by atoms with E-state index in [1.807, 2.05) is 37.3 Å². The van der Waals surface area contributed by atoms with Crippen molar-refractivity contribution in [1.82, 2.24) is 4.90 Å². The van der Waals surface area contributed by atoms with E-state index in [2.05, 4.69) is 71.6 Å². The predicted octanol–water partition coefficient (Wildman–Crippen LogP) is 6.82. The van der Waals surface area contributed by atoms with Crippen molar-refractivity contribution >= 4 is 5.97 Å². The van der Waals surface area contributed by atoms with Crippen molar-refractivity contribution < 1.29 is 19.0 Å². The summed E-state index contributed by atoms with van der Waals surface area (Å²) in [7, 11) is 3.37. The minimum absolute atomic E-state index is 0.00316. The highest BCUT2D eigenvalue weighted by Gasteiger charge is 2.56. The van der Waals surface area contributed by atoms with E-state index in [1.165, 1.54) is 27.8 Å². The van der Waals surface area contributed by atoms with Crippen LogP contribution in [0.5, 0.6) is 11.5 Å². The number of fused-ring (bicyclic) bond motifs is 4. The van der Waals surface area contributed by atoms with Crippen LogP contribution in [0.4, 0.5) is 0 Å². The molecule has 1 fully saturated rings. The Labute approximate surface area is 236 Å². The minimum Gasteiger partial charge on any atom is -0.497 e. The van der Waals surface area contributed by atoms with Crippen molar-refractivity contribution in [2.45, 2.75) is 37.9 Å². The molecule has 2 aliphatic heterocycles. The molecule has 2 bridgehead atoms. The number of methoxy groups -OCH3 is 2. The Balaban J connectivity index is 1.45. The number of hydrogen-bond acceptors (Lipinski definition) is 5.